The lowest BCUT2D eigenvalue weighted by molar-refractivity contribution is -0.0129. The molecule has 152 valence electrons. The number of hydrogen-bond acceptors (Lipinski definition) is 10. The van der Waals surface area contributed by atoms with Gasteiger partial charge in [0.2, 0.25) is 0 Å². The molecule has 2 aliphatic rings. The summed E-state index contributed by atoms with van der Waals surface area (Å²) in [6.07, 6.45) is -2.75. The van der Waals surface area contributed by atoms with Crippen LogP contribution >= 0.6 is 0 Å². The van der Waals surface area contributed by atoms with E-state index in [9.17, 15) is 30.6 Å². The smallest absolute Gasteiger partial charge is 0.0993 e. The van der Waals surface area contributed by atoms with E-state index in [4.69, 9.17) is 10.2 Å². The molecular formula is C16H30N2O8. The first-order chi connectivity index (χ1) is 12.3. The van der Waals surface area contributed by atoms with Crippen LogP contribution in [0.5, 0.6) is 0 Å². The van der Waals surface area contributed by atoms with E-state index in [1.807, 2.05) is 0 Å². The average Bonchev–Trinajstić information content (AvgIpc) is 3.09. The maximum atomic E-state index is 10.0. The van der Waals surface area contributed by atoms with Gasteiger partial charge in [0.1, 0.15) is 0 Å². The van der Waals surface area contributed by atoms with E-state index in [-0.39, 0.29) is 0 Å². The Morgan fingerprint density at radius 1 is 0.654 bits per heavy atom. The monoisotopic (exact) mass is 378 g/mol. The second-order valence-electron chi connectivity index (χ2n) is 7.00. The molecule has 10 atom stereocenters. The molecule has 0 saturated carbocycles. The molecule has 0 spiro atoms. The van der Waals surface area contributed by atoms with Crippen LogP contribution in [0.15, 0.2) is 12.2 Å². The molecule has 2 aliphatic heterocycles. The first kappa shape index (κ1) is 21.6. The second kappa shape index (κ2) is 9.51. The number of hydrogen-bond donors (Lipinski definition) is 10. The zero-order valence-corrected chi connectivity index (χ0v) is 14.3. The highest BCUT2D eigenvalue weighted by atomic mass is 16.4. The molecular weight excluding hydrogens is 348 g/mol. The molecule has 2 saturated heterocycles. The normalized spacial score (nSPS) is 43.2. The van der Waals surface area contributed by atoms with Crippen molar-refractivity contribution in [3.05, 3.63) is 12.2 Å². The first-order valence-electron chi connectivity index (χ1n) is 8.79. The molecule has 2 heterocycles. The van der Waals surface area contributed by atoms with Gasteiger partial charge >= 0.3 is 0 Å². The van der Waals surface area contributed by atoms with E-state index < -0.39 is 74.0 Å². The average molecular weight is 378 g/mol. The Kier molecular flexibility index (Phi) is 7.91. The highest BCUT2D eigenvalue weighted by Crippen LogP contribution is 2.22. The van der Waals surface area contributed by atoms with Gasteiger partial charge in [-0.3, -0.25) is 0 Å². The van der Waals surface area contributed by atoms with E-state index in [0.717, 1.165) is 0 Å². The zero-order chi connectivity index (χ0) is 19.4. The molecule has 0 aromatic heterocycles. The molecule has 10 heteroatoms. The third-order valence-electron chi connectivity index (χ3n) is 5.22. The SMILES string of the molecule is OC[C@@H](O)[C@@H]1N[C@H](C/C=C/C[C@H]2N[C@@H]([C@H](O)CO)[C@H](O)[C@H]2O)[C@H](O)[C@H]1O. The van der Waals surface area contributed by atoms with Crippen LogP contribution in [0.1, 0.15) is 12.8 Å². The molecule has 0 aromatic carbocycles. The predicted molar refractivity (Wildman–Crippen MR) is 90.0 cm³/mol. The van der Waals surface area contributed by atoms with E-state index in [2.05, 4.69) is 10.6 Å². The Balaban J connectivity index is 1.82. The largest absolute Gasteiger partial charge is 0.394 e. The predicted octanol–water partition coefficient (Wildman–Crippen LogP) is -4.85. The number of aliphatic hydroxyl groups is 8. The highest BCUT2D eigenvalue weighted by Gasteiger charge is 2.44. The summed E-state index contributed by atoms with van der Waals surface area (Å²) in [4.78, 5) is 0. The molecule has 10 nitrogen and oxygen atoms in total. The van der Waals surface area contributed by atoms with Crippen molar-refractivity contribution >= 4 is 0 Å². The van der Waals surface area contributed by atoms with Gasteiger partial charge in [0.15, 0.2) is 0 Å². The van der Waals surface area contributed by atoms with Crippen molar-refractivity contribution in [3.63, 3.8) is 0 Å². The van der Waals surface area contributed by atoms with Crippen molar-refractivity contribution in [2.75, 3.05) is 13.2 Å². The molecule has 2 rings (SSSR count). The Labute approximate surface area is 151 Å². The molecule has 0 aromatic rings. The van der Waals surface area contributed by atoms with Crippen molar-refractivity contribution in [1.29, 1.82) is 0 Å². The van der Waals surface area contributed by atoms with Gasteiger partial charge in [-0.2, -0.15) is 0 Å². The van der Waals surface area contributed by atoms with Gasteiger partial charge in [-0.15, -0.1) is 0 Å². The van der Waals surface area contributed by atoms with Crippen LogP contribution in [0.2, 0.25) is 0 Å². The first-order valence-corrected chi connectivity index (χ1v) is 8.79. The third kappa shape index (κ3) is 4.60. The van der Waals surface area contributed by atoms with Crippen molar-refractivity contribution < 1.29 is 40.9 Å². The van der Waals surface area contributed by atoms with Gasteiger partial charge in [0.05, 0.1) is 61.9 Å². The summed E-state index contributed by atoms with van der Waals surface area (Å²) >= 11 is 0. The second-order valence-corrected chi connectivity index (χ2v) is 7.00. The fourth-order valence-electron chi connectivity index (χ4n) is 3.59. The molecule has 0 radical (unpaired) electrons. The van der Waals surface area contributed by atoms with Crippen molar-refractivity contribution in [3.8, 4) is 0 Å². The van der Waals surface area contributed by atoms with E-state index >= 15 is 0 Å². The van der Waals surface area contributed by atoms with Crippen molar-refractivity contribution in [2.24, 2.45) is 0 Å². The van der Waals surface area contributed by atoms with Gasteiger partial charge in [0, 0.05) is 12.1 Å². The summed E-state index contributed by atoms with van der Waals surface area (Å²) in [7, 11) is 0. The minimum atomic E-state index is -1.19. The fourth-order valence-corrected chi connectivity index (χ4v) is 3.59. The van der Waals surface area contributed by atoms with Crippen LogP contribution in [0, 0.1) is 0 Å². The summed E-state index contributed by atoms with van der Waals surface area (Å²) in [5.41, 5.74) is 0. The molecule has 0 unspecified atom stereocenters. The van der Waals surface area contributed by atoms with Crippen LogP contribution in [0.4, 0.5) is 0 Å². The highest BCUT2D eigenvalue weighted by molar-refractivity contribution is 5.06. The summed E-state index contributed by atoms with van der Waals surface area (Å²) in [6, 6.07) is -2.63. The zero-order valence-electron chi connectivity index (χ0n) is 14.3. The maximum absolute atomic E-state index is 10.0. The van der Waals surface area contributed by atoms with Gasteiger partial charge in [0.25, 0.3) is 0 Å². The van der Waals surface area contributed by atoms with Crippen molar-refractivity contribution in [1.82, 2.24) is 10.6 Å². The lowest BCUT2D eigenvalue weighted by atomic mass is 10.0. The number of nitrogens with one attached hydrogen (secondary N) is 2. The quantitative estimate of drug-likeness (QED) is 0.184. The minimum absolute atomic E-state index is 0.348. The number of rotatable bonds is 8. The molecule has 0 aliphatic carbocycles. The van der Waals surface area contributed by atoms with E-state index in [0.29, 0.717) is 12.8 Å². The molecule has 26 heavy (non-hydrogen) atoms. The number of aliphatic hydroxyl groups excluding tert-OH is 8. The summed E-state index contributed by atoms with van der Waals surface area (Å²) in [5, 5.41) is 82.8. The third-order valence-corrected chi connectivity index (χ3v) is 5.22. The Hall–Kier alpha value is -0.660. The molecule has 0 amide bonds. The summed E-state index contributed by atoms with van der Waals surface area (Å²) in [5.74, 6) is 0. The van der Waals surface area contributed by atoms with Gasteiger partial charge < -0.3 is 51.5 Å². The maximum Gasteiger partial charge on any atom is 0.0993 e. The van der Waals surface area contributed by atoms with Crippen LogP contribution in [-0.4, -0.2) is 115 Å². The van der Waals surface area contributed by atoms with Gasteiger partial charge in [-0.1, -0.05) is 12.2 Å². The van der Waals surface area contributed by atoms with E-state index in [1.54, 1.807) is 12.2 Å². The molecule has 0 bridgehead atoms. The lowest BCUT2D eigenvalue weighted by Gasteiger charge is -2.19. The Morgan fingerprint density at radius 3 is 1.31 bits per heavy atom. The minimum Gasteiger partial charge on any atom is -0.394 e. The van der Waals surface area contributed by atoms with Gasteiger partial charge in [-0.05, 0) is 12.8 Å². The Morgan fingerprint density at radius 2 is 1.00 bits per heavy atom. The van der Waals surface area contributed by atoms with Gasteiger partial charge in [-0.25, -0.2) is 0 Å². The van der Waals surface area contributed by atoms with Crippen LogP contribution in [0.3, 0.4) is 0 Å². The van der Waals surface area contributed by atoms with Crippen LogP contribution in [-0.2, 0) is 0 Å². The standard InChI is InChI=1S/C16H30N2O8/c19-5-9(21)11-15(25)13(23)7(17-11)3-1-2-4-8-14(24)16(26)12(18-8)10(22)6-20/h1-2,7-26H,3-6H2/b2-1+/t7-,8-,9-,10-,11+,12+,13+,14+,15+,16+/m1/s1. The van der Waals surface area contributed by atoms with E-state index in [1.165, 1.54) is 0 Å². The summed E-state index contributed by atoms with van der Waals surface area (Å²) < 4.78 is 0. The topological polar surface area (TPSA) is 186 Å². The van der Waals surface area contributed by atoms with Crippen LogP contribution in [0.25, 0.3) is 0 Å². The summed E-state index contributed by atoms with van der Waals surface area (Å²) in [6.45, 7) is -1.06. The molecule has 2 fully saturated rings. The van der Waals surface area contributed by atoms with Crippen molar-refractivity contribution in [2.45, 2.75) is 73.6 Å². The Bertz CT molecular complexity index is 428. The fraction of sp³-hybridized carbons (Fsp3) is 0.875. The lowest BCUT2D eigenvalue weighted by Crippen LogP contribution is -2.45. The molecule has 10 N–H and O–H groups in total. The van der Waals surface area contributed by atoms with Crippen LogP contribution < -0.4 is 10.6 Å².